The number of rotatable bonds is 4. The molecule has 4 nitrogen and oxygen atoms in total. The number of hydrogen-bond acceptors (Lipinski definition) is 4. The van der Waals surface area contributed by atoms with E-state index in [9.17, 15) is 8.42 Å². The van der Waals surface area contributed by atoms with Gasteiger partial charge in [0.1, 0.15) is 0 Å². The third-order valence-electron chi connectivity index (χ3n) is 0.550. The summed E-state index contributed by atoms with van der Waals surface area (Å²) in [6, 6.07) is 0. The van der Waals surface area contributed by atoms with Gasteiger partial charge in [0.05, 0.1) is 6.26 Å². The molecule has 0 saturated heterocycles. The highest BCUT2D eigenvalue weighted by atomic mass is 32.2. The fourth-order valence-electron chi connectivity index (χ4n) is 0.205. The lowest BCUT2D eigenvalue weighted by atomic mass is 10.9. The van der Waals surface area contributed by atoms with Crippen molar-refractivity contribution < 1.29 is 17.3 Å². The van der Waals surface area contributed by atoms with Crippen molar-refractivity contribution in [2.45, 2.75) is 6.92 Å². The van der Waals surface area contributed by atoms with Crippen molar-refractivity contribution in [2.24, 2.45) is 0 Å². The molecule has 0 fully saturated rings. The van der Waals surface area contributed by atoms with Crippen molar-refractivity contribution in [3.63, 3.8) is 0 Å². The molecule has 0 bridgehead atoms. The Morgan fingerprint density at radius 2 is 2.00 bits per heavy atom. The van der Waals surface area contributed by atoms with Crippen molar-refractivity contribution in [3.05, 3.63) is 0 Å². The first kappa shape index (κ1) is 8.87. The highest BCUT2D eigenvalue weighted by Gasteiger charge is 1.98. The third-order valence-corrected chi connectivity index (χ3v) is 1.07. The standard InChI is InChI=1S/C4H10O4S/c1-3-7-4-8-9(2,5)6/h3-4H2,1-2H3. The lowest BCUT2D eigenvalue weighted by Crippen LogP contribution is -2.06. The van der Waals surface area contributed by atoms with Crippen LogP contribution in [0.1, 0.15) is 6.92 Å². The summed E-state index contributed by atoms with van der Waals surface area (Å²) in [5.74, 6) is 0. The Hall–Kier alpha value is -0.130. The predicted octanol–water partition coefficient (Wildman–Crippen LogP) is -0.0434. The van der Waals surface area contributed by atoms with E-state index < -0.39 is 10.1 Å². The van der Waals surface area contributed by atoms with Gasteiger partial charge >= 0.3 is 0 Å². The first-order valence-corrected chi connectivity index (χ1v) is 4.30. The summed E-state index contributed by atoms with van der Waals surface area (Å²) >= 11 is 0. The summed E-state index contributed by atoms with van der Waals surface area (Å²) in [5, 5.41) is 0. The smallest absolute Gasteiger partial charge is 0.266 e. The molecule has 56 valence electrons. The van der Waals surface area contributed by atoms with E-state index in [0.29, 0.717) is 6.61 Å². The van der Waals surface area contributed by atoms with Gasteiger partial charge in [-0.25, -0.2) is 4.18 Å². The van der Waals surface area contributed by atoms with Crippen LogP contribution in [-0.4, -0.2) is 28.1 Å². The molecule has 0 aromatic carbocycles. The normalized spacial score (nSPS) is 11.8. The Balaban J connectivity index is 3.30. The molecule has 0 aliphatic heterocycles. The lowest BCUT2D eigenvalue weighted by Gasteiger charge is -1.98. The zero-order valence-electron chi connectivity index (χ0n) is 5.46. The van der Waals surface area contributed by atoms with Crippen LogP contribution in [-0.2, 0) is 19.0 Å². The zero-order valence-corrected chi connectivity index (χ0v) is 6.27. The molecule has 0 aliphatic carbocycles. The summed E-state index contributed by atoms with van der Waals surface area (Å²) in [6.07, 6.45) is 0.978. The molecular weight excluding hydrogens is 144 g/mol. The van der Waals surface area contributed by atoms with E-state index in [1.165, 1.54) is 0 Å². The monoisotopic (exact) mass is 154 g/mol. The molecule has 0 rings (SSSR count). The van der Waals surface area contributed by atoms with Crippen LogP contribution in [0.15, 0.2) is 0 Å². The molecule has 0 unspecified atom stereocenters. The Kier molecular flexibility index (Phi) is 3.76. The molecule has 0 aromatic heterocycles. The Bertz CT molecular complexity index is 148. The fraction of sp³-hybridized carbons (Fsp3) is 1.00. The van der Waals surface area contributed by atoms with Crippen LogP contribution in [0.2, 0.25) is 0 Å². The Morgan fingerprint density at radius 3 is 2.33 bits per heavy atom. The summed E-state index contributed by atoms with van der Waals surface area (Å²) < 4.78 is 29.2. The van der Waals surface area contributed by atoms with Gasteiger partial charge in [-0.1, -0.05) is 0 Å². The fourth-order valence-corrected chi connectivity index (χ4v) is 0.448. The van der Waals surface area contributed by atoms with E-state index in [1.807, 2.05) is 0 Å². The molecular formula is C4H10O4S. The van der Waals surface area contributed by atoms with Gasteiger partial charge in [-0.2, -0.15) is 8.42 Å². The lowest BCUT2D eigenvalue weighted by molar-refractivity contribution is 0.0274. The van der Waals surface area contributed by atoms with Crippen LogP contribution >= 0.6 is 0 Å². The predicted molar refractivity (Wildman–Crippen MR) is 32.4 cm³/mol. The quantitative estimate of drug-likeness (QED) is 0.324. The van der Waals surface area contributed by atoms with E-state index in [-0.39, 0.29) is 6.79 Å². The van der Waals surface area contributed by atoms with Crippen LogP contribution in [0.5, 0.6) is 0 Å². The Labute approximate surface area is 54.9 Å². The van der Waals surface area contributed by atoms with Crippen molar-refractivity contribution in [1.29, 1.82) is 0 Å². The van der Waals surface area contributed by atoms with Crippen LogP contribution in [0.4, 0.5) is 0 Å². The van der Waals surface area contributed by atoms with E-state index in [1.54, 1.807) is 6.92 Å². The molecule has 0 N–H and O–H groups in total. The van der Waals surface area contributed by atoms with Crippen molar-refractivity contribution in [3.8, 4) is 0 Å². The van der Waals surface area contributed by atoms with E-state index in [2.05, 4.69) is 8.92 Å². The molecule has 0 atom stereocenters. The average Bonchev–Trinajstić information content (AvgIpc) is 1.63. The highest BCUT2D eigenvalue weighted by Crippen LogP contribution is 1.85. The van der Waals surface area contributed by atoms with E-state index in [4.69, 9.17) is 0 Å². The molecule has 0 heterocycles. The summed E-state index contributed by atoms with van der Waals surface area (Å²) in [5.41, 5.74) is 0. The Morgan fingerprint density at radius 1 is 1.44 bits per heavy atom. The maximum atomic E-state index is 10.2. The topological polar surface area (TPSA) is 52.6 Å². The molecule has 0 saturated carbocycles. The van der Waals surface area contributed by atoms with E-state index >= 15 is 0 Å². The second-order valence-corrected chi connectivity index (χ2v) is 3.08. The molecule has 5 heteroatoms. The maximum Gasteiger partial charge on any atom is 0.266 e. The van der Waals surface area contributed by atoms with Crippen LogP contribution in [0, 0.1) is 0 Å². The minimum Gasteiger partial charge on any atom is -0.354 e. The molecule has 0 radical (unpaired) electrons. The molecule has 0 spiro atoms. The summed E-state index contributed by atoms with van der Waals surface area (Å²) in [7, 11) is -3.32. The van der Waals surface area contributed by atoms with Gasteiger partial charge in [0.2, 0.25) is 0 Å². The molecule has 0 aliphatic rings. The second-order valence-electron chi connectivity index (χ2n) is 1.43. The van der Waals surface area contributed by atoms with Gasteiger partial charge < -0.3 is 4.74 Å². The largest absolute Gasteiger partial charge is 0.354 e. The summed E-state index contributed by atoms with van der Waals surface area (Å²) in [4.78, 5) is 0. The molecule has 9 heavy (non-hydrogen) atoms. The maximum absolute atomic E-state index is 10.2. The molecule has 0 amide bonds. The SMILES string of the molecule is CCOCOS(C)(=O)=O. The first-order valence-electron chi connectivity index (χ1n) is 2.48. The van der Waals surface area contributed by atoms with E-state index in [0.717, 1.165) is 6.26 Å². The van der Waals surface area contributed by atoms with Gasteiger partial charge in [-0.05, 0) is 6.92 Å². The number of hydrogen-bond donors (Lipinski definition) is 0. The van der Waals surface area contributed by atoms with Crippen LogP contribution in [0.3, 0.4) is 0 Å². The first-order chi connectivity index (χ1) is 4.06. The van der Waals surface area contributed by atoms with Crippen molar-refractivity contribution in [2.75, 3.05) is 19.7 Å². The van der Waals surface area contributed by atoms with Gasteiger partial charge in [-0.3, -0.25) is 0 Å². The second kappa shape index (κ2) is 3.81. The van der Waals surface area contributed by atoms with Crippen LogP contribution < -0.4 is 0 Å². The van der Waals surface area contributed by atoms with Gasteiger partial charge in [-0.15, -0.1) is 0 Å². The third kappa shape index (κ3) is 7.87. The van der Waals surface area contributed by atoms with Crippen molar-refractivity contribution >= 4 is 10.1 Å². The molecule has 0 aromatic rings. The minimum absolute atomic E-state index is 0.185. The van der Waals surface area contributed by atoms with Gasteiger partial charge in [0.25, 0.3) is 10.1 Å². The van der Waals surface area contributed by atoms with Gasteiger partial charge in [0.15, 0.2) is 6.79 Å². The van der Waals surface area contributed by atoms with Crippen LogP contribution in [0.25, 0.3) is 0 Å². The van der Waals surface area contributed by atoms with Gasteiger partial charge in [0, 0.05) is 6.61 Å². The minimum atomic E-state index is -3.32. The number of ether oxygens (including phenoxy) is 1. The average molecular weight is 154 g/mol. The zero-order chi connectivity index (χ0) is 7.33. The summed E-state index contributed by atoms with van der Waals surface area (Å²) in [6.45, 7) is 2.02. The van der Waals surface area contributed by atoms with Crippen molar-refractivity contribution in [1.82, 2.24) is 0 Å². The highest BCUT2D eigenvalue weighted by molar-refractivity contribution is 7.85.